The second-order valence-electron chi connectivity index (χ2n) is 5.55. The number of nitrogens with zero attached hydrogens (tertiary/aromatic N) is 1. The zero-order valence-corrected chi connectivity index (χ0v) is 15.4. The third kappa shape index (κ3) is 5.48. The summed E-state index contributed by atoms with van der Waals surface area (Å²) < 4.78 is 11.1. The standard InChI is InChI=1S/C13H15N3O6S.C3H8/c1-2-7-6-16(12(18)15-11(7)23)9-4-3-8(21-9)13(19,20)22-10(17)5-14;1-3-2/h1,6,8-9,19-20H,3-5,14H2,(H,15,18,23);3H2,1-2H3. The van der Waals surface area contributed by atoms with Crippen LogP contribution in [0.15, 0.2) is 11.0 Å². The lowest BCUT2D eigenvalue weighted by Gasteiger charge is -2.27. The van der Waals surface area contributed by atoms with E-state index in [4.69, 9.17) is 29.1 Å². The van der Waals surface area contributed by atoms with Crippen LogP contribution in [-0.2, 0) is 14.3 Å². The molecule has 0 aliphatic carbocycles. The normalized spacial score (nSPS) is 19.2. The van der Waals surface area contributed by atoms with Gasteiger partial charge in [0.1, 0.15) is 10.9 Å². The Balaban J connectivity index is 0.00000105. The Kier molecular flexibility index (Phi) is 8.13. The number of nitrogens with one attached hydrogen (secondary N) is 1. The minimum atomic E-state index is -2.84. The summed E-state index contributed by atoms with van der Waals surface area (Å²) in [5, 5.41) is 19.6. The third-order valence-corrected chi connectivity index (χ3v) is 3.60. The lowest BCUT2D eigenvalue weighted by Crippen LogP contribution is -2.47. The lowest BCUT2D eigenvalue weighted by atomic mass is 10.2. The van der Waals surface area contributed by atoms with Gasteiger partial charge in [0.05, 0.1) is 12.1 Å². The van der Waals surface area contributed by atoms with E-state index in [1.807, 2.05) is 0 Å². The van der Waals surface area contributed by atoms with Gasteiger partial charge in [-0.3, -0.25) is 14.3 Å². The second-order valence-corrected chi connectivity index (χ2v) is 5.96. The molecule has 10 heteroatoms. The molecule has 1 aliphatic rings. The van der Waals surface area contributed by atoms with Crippen LogP contribution in [0.25, 0.3) is 0 Å². The van der Waals surface area contributed by atoms with Crippen LogP contribution in [0.4, 0.5) is 0 Å². The smallest absolute Gasteiger partial charge is 0.352 e. The van der Waals surface area contributed by atoms with E-state index >= 15 is 0 Å². The number of esters is 1. The summed E-state index contributed by atoms with van der Waals surface area (Å²) in [6.45, 7) is 3.74. The Hall–Kier alpha value is -2.03. The monoisotopic (exact) mass is 385 g/mol. The van der Waals surface area contributed by atoms with Gasteiger partial charge in [-0.1, -0.05) is 38.4 Å². The van der Waals surface area contributed by atoms with Crippen LogP contribution in [0, 0.1) is 17.0 Å². The lowest BCUT2D eigenvalue weighted by molar-refractivity contribution is -0.362. The van der Waals surface area contributed by atoms with Crippen molar-refractivity contribution < 1.29 is 24.5 Å². The van der Waals surface area contributed by atoms with E-state index in [0.29, 0.717) is 5.56 Å². The Morgan fingerprint density at radius 3 is 2.73 bits per heavy atom. The first-order valence-corrected chi connectivity index (χ1v) is 8.45. The molecule has 5 N–H and O–H groups in total. The molecule has 144 valence electrons. The van der Waals surface area contributed by atoms with E-state index in [2.05, 4.69) is 29.5 Å². The van der Waals surface area contributed by atoms with Crippen molar-refractivity contribution in [3.05, 3.63) is 26.9 Å². The zero-order chi connectivity index (χ0) is 19.9. The fraction of sp³-hybridized carbons (Fsp3) is 0.562. The molecule has 2 heterocycles. The minimum Gasteiger partial charge on any atom is -0.405 e. The van der Waals surface area contributed by atoms with Crippen molar-refractivity contribution in [2.75, 3.05) is 6.54 Å². The van der Waals surface area contributed by atoms with Gasteiger partial charge in [-0.2, -0.15) is 0 Å². The van der Waals surface area contributed by atoms with Crippen LogP contribution in [0.5, 0.6) is 0 Å². The van der Waals surface area contributed by atoms with Gasteiger partial charge in [-0.15, -0.1) is 6.42 Å². The van der Waals surface area contributed by atoms with E-state index in [1.54, 1.807) is 0 Å². The van der Waals surface area contributed by atoms with Crippen LogP contribution in [0.3, 0.4) is 0 Å². The Bertz CT molecular complexity index is 779. The summed E-state index contributed by atoms with van der Waals surface area (Å²) in [5.74, 6) is -1.52. The summed E-state index contributed by atoms with van der Waals surface area (Å²) in [4.78, 5) is 25.4. The average molecular weight is 385 g/mol. The highest BCUT2D eigenvalue weighted by molar-refractivity contribution is 7.71. The number of hydrogen-bond donors (Lipinski definition) is 4. The first-order chi connectivity index (χ1) is 12.2. The van der Waals surface area contributed by atoms with E-state index in [-0.39, 0.29) is 17.5 Å². The van der Waals surface area contributed by atoms with Gasteiger partial charge in [-0.05, 0) is 12.8 Å². The Morgan fingerprint density at radius 1 is 1.58 bits per heavy atom. The van der Waals surface area contributed by atoms with Gasteiger partial charge in [0.25, 0.3) is 0 Å². The van der Waals surface area contributed by atoms with Crippen molar-refractivity contribution in [2.45, 2.75) is 51.4 Å². The van der Waals surface area contributed by atoms with E-state index in [9.17, 15) is 19.8 Å². The topological polar surface area (TPSA) is 140 Å². The molecule has 0 bridgehead atoms. The van der Waals surface area contributed by atoms with Crippen LogP contribution < -0.4 is 11.4 Å². The predicted molar refractivity (Wildman–Crippen MR) is 95.2 cm³/mol. The molecule has 0 spiro atoms. The molecule has 26 heavy (non-hydrogen) atoms. The SMILES string of the molecule is C#Cc1cn(C2CCC(C(O)(O)OC(=O)CN)O2)c(=O)[nH]c1=S.CCC. The summed E-state index contributed by atoms with van der Waals surface area (Å²) in [6, 6.07) is 0. The van der Waals surface area contributed by atoms with Crippen molar-refractivity contribution >= 4 is 18.2 Å². The van der Waals surface area contributed by atoms with Crippen LogP contribution >= 0.6 is 12.2 Å². The Labute approximate surface area is 155 Å². The number of rotatable bonds is 4. The first-order valence-electron chi connectivity index (χ1n) is 8.04. The molecule has 1 saturated heterocycles. The summed E-state index contributed by atoms with van der Waals surface area (Å²) in [6.07, 6.45) is 6.22. The number of nitrogens with two attached hydrogens (primary N) is 1. The summed E-state index contributed by atoms with van der Waals surface area (Å²) in [7, 11) is 0. The maximum Gasteiger partial charge on any atom is 0.352 e. The number of ether oxygens (including phenoxy) is 2. The van der Waals surface area contributed by atoms with E-state index in [1.165, 1.54) is 12.6 Å². The molecule has 2 atom stereocenters. The molecule has 1 aliphatic heterocycles. The van der Waals surface area contributed by atoms with E-state index in [0.717, 1.165) is 4.57 Å². The minimum absolute atomic E-state index is 0.124. The van der Waals surface area contributed by atoms with Crippen molar-refractivity contribution in [1.29, 1.82) is 0 Å². The molecule has 2 rings (SSSR count). The maximum atomic E-state index is 11.9. The molecule has 0 aromatic carbocycles. The molecular weight excluding hydrogens is 362 g/mol. The predicted octanol–water partition coefficient (Wildman–Crippen LogP) is 0.121. The van der Waals surface area contributed by atoms with Crippen LogP contribution in [0.1, 0.15) is 44.9 Å². The molecule has 9 nitrogen and oxygen atoms in total. The van der Waals surface area contributed by atoms with Crippen molar-refractivity contribution in [2.24, 2.45) is 5.73 Å². The van der Waals surface area contributed by atoms with Gasteiger partial charge >= 0.3 is 17.6 Å². The highest BCUT2D eigenvalue weighted by Crippen LogP contribution is 2.32. The zero-order valence-electron chi connectivity index (χ0n) is 14.6. The average Bonchev–Trinajstić information content (AvgIpc) is 3.06. The van der Waals surface area contributed by atoms with Gasteiger partial charge in [0.2, 0.25) is 0 Å². The molecule has 0 radical (unpaired) electrons. The van der Waals surface area contributed by atoms with Crippen LogP contribution in [0.2, 0.25) is 0 Å². The number of hydrogen-bond acceptors (Lipinski definition) is 8. The molecule has 2 unspecified atom stereocenters. The Morgan fingerprint density at radius 2 is 2.19 bits per heavy atom. The first kappa shape index (κ1) is 22.0. The number of aromatic nitrogens is 2. The third-order valence-electron chi connectivity index (χ3n) is 3.28. The maximum absolute atomic E-state index is 11.9. The van der Waals surface area contributed by atoms with Gasteiger partial charge < -0.3 is 25.4 Å². The summed E-state index contributed by atoms with van der Waals surface area (Å²) in [5.41, 5.74) is 4.78. The quantitative estimate of drug-likeness (QED) is 0.248. The molecule has 0 amide bonds. The number of carbonyl (C=O) groups excluding carboxylic acids is 1. The molecular formula is C16H23N3O6S. The van der Waals surface area contributed by atoms with Crippen LogP contribution in [-0.4, -0.2) is 44.4 Å². The molecule has 0 saturated carbocycles. The molecule has 1 aromatic rings. The van der Waals surface area contributed by atoms with Crippen molar-refractivity contribution in [3.8, 4) is 12.3 Å². The summed E-state index contributed by atoms with van der Waals surface area (Å²) >= 11 is 4.91. The highest BCUT2D eigenvalue weighted by Gasteiger charge is 2.45. The molecule has 1 aromatic heterocycles. The fourth-order valence-electron chi connectivity index (χ4n) is 2.18. The van der Waals surface area contributed by atoms with Gasteiger partial charge in [0.15, 0.2) is 6.10 Å². The molecule has 1 fully saturated rings. The largest absolute Gasteiger partial charge is 0.405 e. The number of carbonyl (C=O) groups is 1. The number of aliphatic hydroxyl groups is 2. The van der Waals surface area contributed by atoms with Crippen molar-refractivity contribution in [1.82, 2.24) is 9.55 Å². The number of aromatic amines is 1. The highest BCUT2D eigenvalue weighted by atomic mass is 32.1. The van der Waals surface area contributed by atoms with Crippen molar-refractivity contribution in [3.63, 3.8) is 0 Å². The van der Waals surface area contributed by atoms with E-state index < -0.39 is 36.5 Å². The second kappa shape index (κ2) is 9.61. The number of terminal acetylenes is 1. The van der Waals surface area contributed by atoms with Gasteiger partial charge in [-0.25, -0.2) is 4.79 Å². The fourth-order valence-corrected chi connectivity index (χ4v) is 2.38. The number of H-pyrrole nitrogens is 1. The van der Waals surface area contributed by atoms with Gasteiger partial charge in [0, 0.05) is 6.20 Å².